The first-order valence-corrected chi connectivity index (χ1v) is 12.3. The zero-order valence-corrected chi connectivity index (χ0v) is 22.0. The molecule has 0 aromatic heterocycles. The van der Waals surface area contributed by atoms with Gasteiger partial charge in [-0.05, 0) is 69.5 Å². The van der Waals surface area contributed by atoms with Gasteiger partial charge in [0.25, 0.3) is 5.91 Å². The summed E-state index contributed by atoms with van der Waals surface area (Å²) in [5, 5.41) is 6.27. The molecule has 0 radical (unpaired) electrons. The van der Waals surface area contributed by atoms with Crippen LogP contribution in [0.25, 0.3) is 0 Å². The van der Waals surface area contributed by atoms with Crippen molar-refractivity contribution in [1.82, 2.24) is 5.32 Å². The smallest absolute Gasteiger partial charge is 0.268 e. The highest BCUT2D eigenvalue weighted by atomic mass is 16.5. The Morgan fingerprint density at radius 2 is 1.70 bits per heavy atom. The number of benzene rings is 3. The number of carbonyl (C=O) groups is 2. The second-order valence-electron chi connectivity index (χ2n) is 10.3. The summed E-state index contributed by atoms with van der Waals surface area (Å²) in [6.45, 7) is 7.89. The fourth-order valence-electron chi connectivity index (χ4n) is 4.16. The summed E-state index contributed by atoms with van der Waals surface area (Å²) in [6, 6.07) is 21.0. The summed E-state index contributed by atoms with van der Waals surface area (Å²) in [7, 11) is 1.64. The van der Waals surface area contributed by atoms with Crippen LogP contribution in [0.1, 0.15) is 49.2 Å². The second kappa shape index (κ2) is 10.6. The van der Waals surface area contributed by atoms with Crippen molar-refractivity contribution < 1.29 is 23.8 Å². The number of ketones is 1. The molecule has 1 amide bonds. The Hall–Kier alpha value is -3.84. The van der Waals surface area contributed by atoms with Gasteiger partial charge in [0.15, 0.2) is 17.1 Å². The van der Waals surface area contributed by atoms with Crippen LogP contribution in [0.5, 0.6) is 17.2 Å². The first-order chi connectivity index (χ1) is 17.6. The number of hydrogen-bond donors (Lipinski definition) is 2. The van der Waals surface area contributed by atoms with Gasteiger partial charge in [-0.3, -0.25) is 9.59 Å². The van der Waals surface area contributed by atoms with Crippen LogP contribution in [0.4, 0.5) is 5.69 Å². The highest BCUT2D eigenvalue weighted by molar-refractivity contribution is 6.07. The molecule has 4 rings (SSSR count). The van der Waals surface area contributed by atoms with Crippen molar-refractivity contribution in [2.24, 2.45) is 0 Å². The molecule has 1 heterocycles. The van der Waals surface area contributed by atoms with Gasteiger partial charge in [0.2, 0.25) is 0 Å². The summed E-state index contributed by atoms with van der Waals surface area (Å²) in [5.41, 5.74) is 1.43. The molecule has 194 valence electrons. The molecule has 7 heteroatoms. The average molecular weight is 503 g/mol. The van der Waals surface area contributed by atoms with Crippen LogP contribution in [0.3, 0.4) is 0 Å². The minimum Gasteiger partial charge on any atom is -0.497 e. The number of anilines is 1. The normalized spacial score (nSPS) is 14.2. The second-order valence-corrected chi connectivity index (χ2v) is 10.3. The van der Waals surface area contributed by atoms with E-state index < -0.39 is 5.60 Å². The number of carbonyl (C=O) groups excluding carboxylic acids is 2. The van der Waals surface area contributed by atoms with E-state index in [4.69, 9.17) is 14.2 Å². The molecule has 0 unspecified atom stereocenters. The maximum atomic E-state index is 13.4. The molecule has 3 aromatic rings. The van der Waals surface area contributed by atoms with Crippen LogP contribution < -0.4 is 24.8 Å². The standard InChI is InChI=1S/C30H34N2O5/c1-29(2,17-20-11-13-22(35-5)14-12-20)31-18-24(33)23-15-16-25(36-19-21-9-7-6-8-10-21)26-27(23)37-30(3,4)28(34)32-26/h6-16,31H,17-19H2,1-5H3,(H,32,34). The number of methoxy groups -OCH3 is 1. The summed E-state index contributed by atoms with van der Waals surface area (Å²) in [5.74, 6) is 1.15. The quantitative estimate of drug-likeness (QED) is 0.372. The molecule has 0 saturated heterocycles. The van der Waals surface area contributed by atoms with Gasteiger partial charge in [-0.15, -0.1) is 0 Å². The molecule has 0 aliphatic carbocycles. The fraction of sp³-hybridized carbons (Fsp3) is 0.333. The molecule has 1 aliphatic heterocycles. The van der Waals surface area contributed by atoms with E-state index in [0.717, 1.165) is 23.3 Å². The topological polar surface area (TPSA) is 85.9 Å². The van der Waals surface area contributed by atoms with Gasteiger partial charge in [-0.25, -0.2) is 0 Å². The molecular formula is C30H34N2O5. The summed E-state index contributed by atoms with van der Waals surface area (Å²) >= 11 is 0. The van der Waals surface area contributed by atoms with Gasteiger partial charge in [-0.2, -0.15) is 0 Å². The van der Waals surface area contributed by atoms with Gasteiger partial charge in [0, 0.05) is 5.54 Å². The minimum atomic E-state index is -1.12. The molecule has 1 aliphatic rings. The van der Waals surface area contributed by atoms with E-state index in [0.29, 0.717) is 29.4 Å². The number of Topliss-reactive ketones (excluding diaryl/α,β-unsaturated/α-hetero) is 1. The van der Waals surface area contributed by atoms with Crippen molar-refractivity contribution in [3.05, 3.63) is 83.4 Å². The van der Waals surface area contributed by atoms with E-state index in [-0.39, 0.29) is 23.8 Å². The highest BCUT2D eigenvalue weighted by Crippen LogP contribution is 2.43. The zero-order chi connectivity index (χ0) is 26.6. The molecule has 0 saturated carbocycles. The Bertz CT molecular complexity index is 1270. The van der Waals surface area contributed by atoms with Gasteiger partial charge in [0.1, 0.15) is 23.8 Å². The van der Waals surface area contributed by atoms with Crippen LogP contribution in [0.15, 0.2) is 66.7 Å². The number of amides is 1. The van der Waals surface area contributed by atoms with Crippen LogP contribution in [-0.2, 0) is 17.8 Å². The molecule has 2 N–H and O–H groups in total. The Kier molecular flexibility index (Phi) is 7.55. The van der Waals surface area contributed by atoms with E-state index in [1.807, 2.05) is 54.6 Å². The highest BCUT2D eigenvalue weighted by Gasteiger charge is 2.39. The third-order valence-electron chi connectivity index (χ3n) is 6.33. The van der Waals surface area contributed by atoms with Crippen molar-refractivity contribution in [2.75, 3.05) is 19.0 Å². The van der Waals surface area contributed by atoms with Crippen molar-refractivity contribution in [3.8, 4) is 17.2 Å². The van der Waals surface area contributed by atoms with E-state index in [9.17, 15) is 9.59 Å². The summed E-state index contributed by atoms with van der Waals surface area (Å²) in [4.78, 5) is 26.0. The lowest BCUT2D eigenvalue weighted by Gasteiger charge is -2.33. The lowest BCUT2D eigenvalue weighted by atomic mass is 9.94. The Balaban J connectivity index is 1.51. The molecular weight excluding hydrogens is 468 g/mol. The van der Waals surface area contributed by atoms with Crippen molar-refractivity contribution in [1.29, 1.82) is 0 Å². The van der Waals surface area contributed by atoms with Crippen molar-refractivity contribution in [2.45, 2.75) is 51.9 Å². The Morgan fingerprint density at radius 1 is 1.00 bits per heavy atom. The zero-order valence-electron chi connectivity index (χ0n) is 22.0. The van der Waals surface area contributed by atoms with Gasteiger partial charge >= 0.3 is 0 Å². The molecule has 7 nitrogen and oxygen atoms in total. The molecule has 37 heavy (non-hydrogen) atoms. The monoisotopic (exact) mass is 502 g/mol. The van der Waals surface area contributed by atoms with Crippen LogP contribution in [-0.4, -0.2) is 36.5 Å². The van der Waals surface area contributed by atoms with Gasteiger partial charge in [-0.1, -0.05) is 42.5 Å². The maximum Gasteiger partial charge on any atom is 0.268 e. The lowest BCUT2D eigenvalue weighted by Crippen LogP contribution is -2.47. The Labute approximate surface area is 218 Å². The summed E-state index contributed by atoms with van der Waals surface area (Å²) < 4.78 is 17.3. The Morgan fingerprint density at radius 3 is 2.38 bits per heavy atom. The predicted molar refractivity (Wildman–Crippen MR) is 144 cm³/mol. The average Bonchev–Trinajstić information content (AvgIpc) is 2.87. The van der Waals surface area contributed by atoms with E-state index in [1.54, 1.807) is 33.1 Å². The van der Waals surface area contributed by atoms with Crippen LogP contribution >= 0.6 is 0 Å². The van der Waals surface area contributed by atoms with Crippen molar-refractivity contribution in [3.63, 3.8) is 0 Å². The largest absolute Gasteiger partial charge is 0.497 e. The maximum absolute atomic E-state index is 13.4. The lowest BCUT2D eigenvalue weighted by molar-refractivity contribution is -0.129. The molecule has 0 atom stereocenters. The molecule has 0 bridgehead atoms. The molecule has 0 spiro atoms. The third-order valence-corrected chi connectivity index (χ3v) is 6.33. The SMILES string of the molecule is COc1ccc(CC(C)(C)NCC(=O)c2ccc(OCc3ccccc3)c3c2OC(C)(C)C(=O)N3)cc1. The third kappa shape index (κ3) is 6.30. The van der Waals surface area contributed by atoms with E-state index >= 15 is 0 Å². The van der Waals surface area contributed by atoms with Crippen molar-refractivity contribution >= 4 is 17.4 Å². The van der Waals surface area contributed by atoms with E-state index in [1.165, 1.54) is 0 Å². The number of hydrogen-bond acceptors (Lipinski definition) is 6. The first kappa shape index (κ1) is 26.2. The predicted octanol–water partition coefficient (Wildman–Crippen LogP) is 5.18. The van der Waals surface area contributed by atoms with Gasteiger partial charge < -0.3 is 24.8 Å². The first-order valence-electron chi connectivity index (χ1n) is 12.3. The minimum absolute atomic E-state index is 0.109. The molecule has 3 aromatic carbocycles. The number of nitrogens with one attached hydrogen (secondary N) is 2. The molecule has 0 fully saturated rings. The van der Waals surface area contributed by atoms with Crippen LogP contribution in [0, 0.1) is 0 Å². The summed E-state index contributed by atoms with van der Waals surface area (Å²) in [6.07, 6.45) is 0.730. The van der Waals surface area contributed by atoms with Gasteiger partial charge in [0.05, 0.1) is 19.2 Å². The fourth-order valence-corrected chi connectivity index (χ4v) is 4.16. The number of ether oxygens (including phenoxy) is 3. The number of fused-ring (bicyclic) bond motifs is 1. The number of rotatable bonds is 10. The van der Waals surface area contributed by atoms with Crippen LogP contribution in [0.2, 0.25) is 0 Å². The van der Waals surface area contributed by atoms with E-state index in [2.05, 4.69) is 24.5 Å².